The van der Waals surface area contributed by atoms with E-state index in [2.05, 4.69) is 127 Å². The van der Waals surface area contributed by atoms with Gasteiger partial charge in [-0.05, 0) is 97.5 Å². The zero-order valence-electron chi connectivity index (χ0n) is 30.4. The molecule has 0 radical (unpaired) electrons. The normalized spacial score (nSPS) is 13.1. The number of benzene rings is 5. The molecule has 4 nitrogen and oxygen atoms in total. The Hall–Kier alpha value is -4.70. The van der Waals surface area contributed by atoms with E-state index < -0.39 is 0 Å². The Morgan fingerprint density at radius 1 is 0.500 bits per heavy atom. The number of unbranched alkanes of at least 4 members (excludes halogenated alkanes) is 2. The number of hydrogen-bond acceptors (Lipinski definition) is 2. The molecule has 1 N–H and O–H groups in total. The fourth-order valence-electron chi connectivity index (χ4n) is 8.15. The van der Waals surface area contributed by atoms with E-state index in [0.29, 0.717) is 11.8 Å². The van der Waals surface area contributed by atoms with Crippen LogP contribution in [0, 0.1) is 11.8 Å². The number of rotatable bonds is 15. The summed E-state index contributed by atoms with van der Waals surface area (Å²) < 4.78 is 5.13. The Bertz CT molecular complexity index is 2070. The first-order chi connectivity index (χ1) is 24.5. The summed E-state index contributed by atoms with van der Waals surface area (Å²) in [6, 6.07) is 39.4. The average Bonchev–Trinajstić information content (AvgIpc) is 3.64. The summed E-state index contributed by atoms with van der Waals surface area (Å²) in [6.45, 7) is 11.3. The molecule has 4 heteroatoms. The lowest BCUT2D eigenvalue weighted by Gasteiger charge is -2.26. The molecule has 0 amide bonds. The van der Waals surface area contributed by atoms with Crippen LogP contribution in [0.1, 0.15) is 79.1 Å². The molecule has 50 heavy (non-hydrogen) atoms. The third-order valence-corrected chi connectivity index (χ3v) is 11.1. The lowest BCUT2D eigenvalue weighted by Crippen LogP contribution is -2.11. The van der Waals surface area contributed by atoms with Crippen molar-refractivity contribution in [3.05, 3.63) is 109 Å². The number of phenols is 1. The van der Waals surface area contributed by atoms with Crippen LogP contribution >= 0.6 is 0 Å². The molecule has 0 aliphatic carbocycles. The summed E-state index contributed by atoms with van der Waals surface area (Å²) in [5.74, 6) is 1.60. The maximum atomic E-state index is 10.3. The topological polar surface area (TPSA) is 33.3 Å². The highest BCUT2D eigenvalue weighted by Gasteiger charge is 2.20. The minimum Gasteiger partial charge on any atom is -0.508 e. The van der Waals surface area contributed by atoms with Crippen LogP contribution in [0.3, 0.4) is 0 Å². The fraction of sp³-hybridized carbons (Fsp3) is 0.348. The van der Waals surface area contributed by atoms with Gasteiger partial charge in [-0.2, -0.15) is 0 Å². The molecule has 2 unspecified atom stereocenters. The number of aromatic nitrogens is 2. The Labute approximate surface area is 298 Å². The quantitative estimate of drug-likeness (QED) is 0.118. The highest BCUT2D eigenvalue weighted by Crippen LogP contribution is 2.42. The van der Waals surface area contributed by atoms with Crippen LogP contribution in [0.25, 0.3) is 43.6 Å². The molecule has 2 heterocycles. The Morgan fingerprint density at radius 2 is 0.920 bits per heavy atom. The predicted molar refractivity (Wildman–Crippen MR) is 215 cm³/mol. The van der Waals surface area contributed by atoms with Crippen molar-refractivity contribution < 1.29 is 5.11 Å². The van der Waals surface area contributed by atoms with Crippen LogP contribution in [0.5, 0.6) is 5.75 Å². The summed E-state index contributed by atoms with van der Waals surface area (Å²) in [4.78, 5) is 2.35. The number of para-hydroxylation sites is 2. The van der Waals surface area contributed by atoms with Crippen molar-refractivity contribution in [2.45, 2.75) is 92.2 Å². The van der Waals surface area contributed by atoms with Crippen molar-refractivity contribution in [1.29, 1.82) is 0 Å². The second-order valence-electron chi connectivity index (χ2n) is 14.3. The van der Waals surface area contributed by atoms with Gasteiger partial charge in [-0.1, -0.05) is 103 Å². The summed E-state index contributed by atoms with van der Waals surface area (Å²) >= 11 is 0. The van der Waals surface area contributed by atoms with Crippen LogP contribution in [0.2, 0.25) is 0 Å². The SMILES string of the molecule is CCCCC(CC)Cn1c2ccccc2c2cc(N(c3ccc(O)cc3)c3ccc4c(c3)c3ccccc3n4CC(CC)CCCC)ccc21. The van der Waals surface area contributed by atoms with Gasteiger partial charge in [-0.15, -0.1) is 0 Å². The van der Waals surface area contributed by atoms with Crippen LogP contribution in [-0.4, -0.2) is 14.2 Å². The summed E-state index contributed by atoms with van der Waals surface area (Å²) in [5, 5.41) is 15.4. The minimum atomic E-state index is 0.271. The van der Waals surface area contributed by atoms with Gasteiger partial charge in [-0.25, -0.2) is 0 Å². The maximum Gasteiger partial charge on any atom is 0.115 e. The molecule has 0 bridgehead atoms. The van der Waals surface area contributed by atoms with Crippen LogP contribution in [0.4, 0.5) is 17.1 Å². The summed E-state index contributed by atoms with van der Waals surface area (Å²) in [7, 11) is 0. The number of phenolic OH excluding ortho intramolecular Hbond substituents is 1. The number of nitrogens with zero attached hydrogens (tertiary/aromatic N) is 3. The van der Waals surface area contributed by atoms with Gasteiger partial charge in [-0.3, -0.25) is 0 Å². The van der Waals surface area contributed by atoms with Gasteiger partial charge in [0, 0.05) is 73.8 Å². The molecule has 2 atom stereocenters. The highest BCUT2D eigenvalue weighted by atomic mass is 16.3. The molecule has 0 aliphatic rings. The van der Waals surface area contributed by atoms with Crippen LogP contribution < -0.4 is 4.90 Å². The lowest BCUT2D eigenvalue weighted by molar-refractivity contribution is 0.401. The smallest absolute Gasteiger partial charge is 0.115 e. The first kappa shape index (κ1) is 33.8. The molecular weight excluding hydrogens is 611 g/mol. The van der Waals surface area contributed by atoms with Gasteiger partial charge in [0.1, 0.15) is 5.75 Å². The lowest BCUT2D eigenvalue weighted by atomic mass is 9.99. The maximum absolute atomic E-state index is 10.3. The van der Waals surface area contributed by atoms with E-state index in [1.54, 1.807) is 12.1 Å². The molecule has 7 rings (SSSR count). The Kier molecular flexibility index (Phi) is 10.2. The van der Waals surface area contributed by atoms with Gasteiger partial charge in [0.25, 0.3) is 0 Å². The number of fused-ring (bicyclic) bond motifs is 6. The molecule has 0 aliphatic heterocycles. The molecule has 5 aromatic carbocycles. The van der Waals surface area contributed by atoms with Crippen LogP contribution in [0.15, 0.2) is 109 Å². The predicted octanol–water partition coefficient (Wildman–Crippen LogP) is 13.5. The van der Waals surface area contributed by atoms with Crippen molar-refractivity contribution in [2.75, 3.05) is 4.90 Å². The average molecular weight is 664 g/mol. The number of hydrogen-bond donors (Lipinski definition) is 1. The van der Waals surface area contributed by atoms with Gasteiger partial charge in [0.15, 0.2) is 0 Å². The zero-order chi connectivity index (χ0) is 34.6. The van der Waals surface area contributed by atoms with E-state index in [1.165, 1.54) is 95.0 Å². The van der Waals surface area contributed by atoms with E-state index in [1.807, 2.05) is 12.1 Å². The third kappa shape index (κ3) is 6.49. The first-order valence-electron chi connectivity index (χ1n) is 19.2. The molecule has 0 saturated heterocycles. The van der Waals surface area contributed by atoms with Crippen molar-refractivity contribution in [3.8, 4) is 5.75 Å². The monoisotopic (exact) mass is 663 g/mol. The Morgan fingerprint density at radius 3 is 1.36 bits per heavy atom. The fourth-order valence-corrected chi connectivity index (χ4v) is 8.15. The molecule has 0 saturated carbocycles. The molecular formula is C46H53N3O. The molecule has 7 aromatic rings. The van der Waals surface area contributed by atoms with Gasteiger partial charge in [0.2, 0.25) is 0 Å². The van der Waals surface area contributed by atoms with E-state index >= 15 is 0 Å². The second-order valence-corrected chi connectivity index (χ2v) is 14.3. The van der Waals surface area contributed by atoms with Crippen molar-refractivity contribution in [1.82, 2.24) is 9.13 Å². The van der Waals surface area contributed by atoms with E-state index in [0.717, 1.165) is 30.2 Å². The van der Waals surface area contributed by atoms with Crippen molar-refractivity contribution in [3.63, 3.8) is 0 Å². The van der Waals surface area contributed by atoms with Gasteiger partial charge in [0.05, 0.1) is 0 Å². The largest absolute Gasteiger partial charge is 0.508 e. The second kappa shape index (κ2) is 15.0. The molecule has 258 valence electrons. The minimum absolute atomic E-state index is 0.271. The van der Waals surface area contributed by atoms with Crippen LogP contribution in [-0.2, 0) is 13.1 Å². The van der Waals surface area contributed by atoms with E-state index in [4.69, 9.17) is 0 Å². The van der Waals surface area contributed by atoms with Gasteiger partial charge < -0.3 is 19.1 Å². The summed E-state index contributed by atoms with van der Waals surface area (Å²) in [5.41, 5.74) is 8.44. The molecule has 0 spiro atoms. The Balaban J connectivity index is 1.37. The van der Waals surface area contributed by atoms with E-state index in [-0.39, 0.29) is 5.75 Å². The number of aromatic hydroxyl groups is 1. The van der Waals surface area contributed by atoms with Crippen molar-refractivity contribution in [2.24, 2.45) is 11.8 Å². The van der Waals surface area contributed by atoms with Crippen molar-refractivity contribution >= 4 is 60.7 Å². The summed E-state index contributed by atoms with van der Waals surface area (Å²) in [6.07, 6.45) is 9.96. The number of anilines is 3. The van der Waals surface area contributed by atoms with E-state index in [9.17, 15) is 5.11 Å². The molecule has 0 fully saturated rings. The van der Waals surface area contributed by atoms with Gasteiger partial charge >= 0.3 is 0 Å². The molecule has 2 aromatic heterocycles. The standard InChI is InChI=1S/C46H53N3O/c1-5-9-15-33(7-3)31-47-43-19-13-11-17-39(43)41-29-36(23-27-45(41)47)49(35-21-25-38(50)26-22-35)37-24-28-46-42(30-37)40-18-12-14-20-44(40)48(46)32-34(8-4)16-10-6-2/h11-14,17-30,33-34,50H,5-10,15-16,31-32H2,1-4H3. The third-order valence-electron chi connectivity index (χ3n) is 11.1. The zero-order valence-corrected chi connectivity index (χ0v) is 30.4. The highest BCUT2D eigenvalue weighted by molar-refractivity contribution is 6.11. The first-order valence-corrected chi connectivity index (χ1v) is 19.2.